The van der Waals surface area contributed by atoms with Crippen LogP contribution < -0.4 is 15.4 Å². The van der Waals surface area contributed by atoms with Crippen LogP contribution in [0.25, 0.3) is 0 Å². The van der Waals surface area contributed by atoms with E-state index in [9.17, 15) is 4.79 Å². The fraction of sp³-hybridized carbons (Fsp3) is 0.500. The van der Waals surface area contributed by atoms with Crippen LogP contribution in [0.4, 0.5) is 16.2 Å². The maximum Gasteiger partial charge on any atom is 0.412 e. The molecule has 0 heterocycles. The topological polar surface area (TPSA) is 59.6 Å². The largest absolute Gasteiger partial charge is 0.497 e. The standard InChI is InChI=1S/C14H22N2O3/c1-6-15-12-9-10(18-5)7-8-11(12)16-13(17)19-14(2,3)4/h7-9,15H,6H2,1-5H3,(H,16,17). The molecule has 0 spiro atoms. The van der Waals surface area contributed by atoms with Gasteiger partial charge in [-0.2, -0.15) is 0 Å². The summed E-state index contributed by atoms with van der Waals surface area (Å²) in [5, 5.41) is 5.89. The summed E-state index contributed by atoms with van der Waals surface area (Å²) in [5.41, 5.74) is 0.944. The molecule has 19 heavy (non-hydrogen) atoms. The molecule has 0 aliphatic carbocycles. The number of benzene rings is 1. The van der Waals surface area contributed by atoms with Gasteiger partial charge in [-0.1, -0.05) is 0 Å². The van der Waals surface area contributed by atoms with Crippen molar-refractivity contribution in [1.82, 2.24) is 0 Å². The summed E-state index contributed by atoms with van der Waals surface area (Å²) in [6.07, 6.45) is -0.475. The molecule has 0 aliphatic rings. The number of anilines is 2. The Morgan fingerprint density at radius 1 is 1.26 bits per heavy atom. The molecule has 0 radical (unpaired) electrons. The fourth-order valence-corrected chi connectivity index (χ4v) is 1.51. The van der Waals surface area contributed by atoms with E-state index in [4.69, 9.17) is 9.47 Å². The molecule has 1 aromatic rings. The fourth-order valence-electron chi connectivity index (χ4n) is 1.51. The Kier molecular flexibility index (Phi) is 5.03. The number of hydrogen-bond donors (Lipinski definition) is 2. The van der Waals surface area contributed by atoms with Gasteiger partial charge in [-0.25, -0.2) is 4.79 Å². The van der Waals surface area contributed by atoms with E-state index in [1.807, 2.05) is 33.8 Å². The molecular formula is C14H22N2O3. The zero-order chi connectivity index (χ0) is 14.5. The minimum absolute atomic E-state index is 0.475. The van der Waals surface area contributed by atoms with Gasteiger partial charge in [-0.05, 0) is 39.8 Å². The molecular weight excluding hydrogens is 244 g/mol. The third kappa shape index (κ3) is 5.07. The van der Waals surface area contributed by atoms with Gasteiger partial charge < -0.3 is 14.8 Å². The number of methoxy groups -OCH3 is 1. The van der Waals surface area contributed by atoms with Crippen LogP contribution in [0.1, 0.15) is 27.7 Å². The van der Waals surface area contributed by atoms with Gasteiger partial charge >= 0.3 is 6.09 Å². The second-order valence-electron chi connectivity index (χ2n) is 5.07. The second kappa shape index (κ2) is 6.31. The van der Waals surface area contributed by atoms with E-state index in [2.05, 4.69) is 10.6 Å². The number of carbonyl (C=O) groups is 1. The van der Waals surface area contributed by atoms with Crippen molar-refractivity contribution in [2.45, 2.75) is 33.3 Å². The lowest BCUT2D eigenvalue weighted by molar-refractivity contribution is 0.0636. The lowest BCUT2D eigenvalue weighted by Gasteiger charge is -2.20. The molecule has 1 aromatic carbocycles. The maximum absolute atomic E-state index is 11.7. The monoisotopic (exact) mass is 266 g/mol. The van der Waals surface area contributed by atoms with Gasteiger partial charge in [0, 0.05) is 12.6 Å². The van der Waals surface area contributed by atoms with Crippen molar-refractivity contribution in [2.75, 3.05) is 24.3 Å². The van der Waals surface area contributed by atoms with Crippen LogP contribution >= 0.6 is 0 Å². The lowest BCUT2D eigenvalue weighted by atomic mass is 10.2. The van der Waals surface area contributed by atoms with Crippen LogP contribution in [0.5, 0.6) is 5.75 Å². The van der Waals surface area contributed by atoms with Crippen molar-refractivity contribution >= 4 is 17.5 Å². The average Bonchev–Trinajstić information content (AvgIpc) is 2.29. The quantitative estimate of drug-likeness (QED) is 0.876. The van der Waals surface area contributed by atoms with E-state index in [-0.39, 0.29) is 0 Å². The smallest absolute Gasteiger partial charge is 0.412 e. The number of hydrogen-bond acceptors (Lipinski definition) is 4. The first-order valence-corrected chi connectivity index (χ1v) is 6.27. The number of amides is 1. The Bertz CT molecular complexity index is 439. The van der Waals surface area contributed by atoms with Gasteiger partial charge in [0.05, 0.1) is 18.5 Å². The zero-order valence-corrected chi connectivity index (χ0v) is 12.2. The number of rotatable bonds is 4. The number of ether oxygens (including phenoxy) is 2. The van der Waals surface area contributed by atoms with Gasteiger partial charge in [0.1, 0.15) is 11.4 Å². The van der Waals surface area contributed by atoms with E-state index in [1.54, 1.807) is 19.2 Å². The van der Waals surface area contributed by atoms with Crippen molar-refractivity contribution in [3.8, 4) is 5.75 Å². The van der Waals surface area contributed by atoms with Crippen LogP contribution in [-0.4, -0.2) is 25.3 Å². The summed E-state index contributed by atoms with van der Waals surface area (Å²) in [4.78, 5) is 11.7. The summed E-state index contributed by atoms with van der Waals surface area (Å²) in [6.45, 7) is 8.20. The third-order valence-electron chi connectivity index (χ3n) is 2.23. The van der Waals surface area contributed by atoms with Gasteiger partial charge in [0.15, 0.2) is 0 Å². The van der Waals surface area contributed by atoms with Gasteiger partial charge in [-0.3, -0.25) is 5.32 Å². The van der Waals surface area contributed by atoms with E-state index >= 15 is 0 Å². The normalized spacial score (nSPS) is 10.8. The van der Waals surface area contributed by atoms with Crippen LogP contribution in [0.2, 0.25) is 0 Å². The number of nitrogens with one attached hydrogen (secondary N) is 2. The molecule has 106 valence electrons. The summed E-state index contributed by atoms with van der Waals surface area (Å²) in [6, 6.07) is 5.39. The lowest BCUT2D eigenvalue weighted by Crippen LogP contribution is -2.27. The highest BCUT2D eigenvalue weighted by molar-refractivity contribution is 5.90. The Morgan fingerprint density at radius 2 is 1.95 bits per heavy atom. The van der Waals surface area contributed by atoms with Crippen molar-refractivity contribution in [3.05, 3.63) is 18.2 Å². The molecule has 0 saturated heterocycles. The third-order valence-corrected chi connectivity index (χ3v) is 2.23. The summed E-state index contributed by atoms with van der Waals surface area (Å²) < 4.78 is 10.4. The van der Waals surface area contributed by atoms with Crippen LogP contribution in [-0.2, 0) is 4.74 Å². The first-order chi connectivity index (χ1) is 8.85. The van der Waals surface area contributed by atoms with Crippen molar-refractivity contribution in [1.29, 1.82) is 0 Å². The molecule has 1 rings (SSSR count). The summed E-state index contributed by atoms with van der Waals surface area (Å²) >= 11 is 0. The van der Waals surface area contributed by atoms with Gasteiger partial charge in [0.25, 0.3) is 0 Å². The molecule has 0 unspecified atom stereocenters. The molecule has 5 heteroatoms. The summed E-state index contributed by atoms with van der Waals surface area (Å²) in [7, 11) is 1.60. The van der Waals surface area contributed by atoms with E-state index in [0.29, 0.717) is 5.69 Å². The van der Waals surface area contributed by atoms with Gasteiger partial charge in [-0.15, -0.1) is 0 Å². The molecule has 0 saturated carbocycles. The van der Waals surface area contributed by atoms with E-state index in [1.165, 1.54) is 0 Å². The SMILES string of the molecule is CCNc1cc(OC)ccc1NC(=O)OC(C)(C)C. The highest BCUT2D eigenvalue weighted by Gasteiger charge is 2.17. The maximum atomic E-state index is 11.7. The van der Waals surface area contributed by atoms with E-state index in [0.717, 1.165) is 18.0 Å². The first kappa shape index (κ1) is 15.1. The molecule has 1 amide bonds. The van der Waals surface area contributed by atoms with Crippen LogP contribution in [0.3, 0.4) is 0 Å². The molecule has 0 aromatic heterocycles. The van der Waals surface area contributed by atoms with Crippen LogP contribution in [0.15, 0.2) is 18.2 Å². The highest BCUT2D eigenvalue weighted by Crippen LogP contribution is 2.27. The molecule has 0 atom stereocenters. The number of carbonyl (C=O) groups excluding carboxylic acids is 1. The first-order valence-electron chi connectivity index (χ1n) is 6.27. The molecule has 5 nitrogen and oxygen atoms in total. The van der Waals surface area contributed by atoms with Crippen LogP contribution in [0, 0.1) is 0 Å². The van der Waals surface area contributed by atoms with Crippen molar-refractivity contribution in [2.24, 2.45) is 0 Å². The molecule has 2 N–H and O–H groups in total. The molecule has 0 bridgehead atoms. The Balaban J connectivity index is 2.84. The zero-order valence-electron chi connectivity index (χ0n) is 12.2. The Morgan fingerprint density at radius 3 is 2.47 bits per heavy atom. The molecule has 0 aliphatic heterocycles. The minimum Gasteiger partial charge on any atom is -0.497 e. The second-order valence-corrected chi connectivity index (χ2v) is 5.07. The van der Waals surface area contributed by atoms with Crippen molar-refractivity contribution in [3.63, 3.8) is 0 Å². The molecule has 0 fully saturated rings. The predicted molar refractivity (Wildman–Crippen MR) is 77.0 cm³/mol. The Labute approximate surface area is 114 Å². The summed E-state index contributed by atoms with van der Waals surface area (Å²) in [5.74, 6) is 0.727. The van der Waals surface area contributed by atoms with E-state index < -0.39 is 11.7 Å². The average molecular weight is 266 g/mol. The minimum atomic E-state index is -0.519. The van der Waals surface area contributed by atoms with Crippen molar-refractivity contribution < 1.29 is 14.3 Å². The van der Waals surface area contributed by atoms with Gasteiger partial charge in [0.2, 0.25) is 0 Å². The highest BCUT2D eigenvalue weighted by atomic mass is 16.6. The predicted octanol–water partition coefficient (Wildman–Crippen LogP) is 3.47. The Hall–Kier alpha value is -1.91.